The number of aromatic nitrogens is 2. The summed E-state index contributed by atoms with van der Waals surface area (Å²) < 4.78 is 4.87. The summed E-state index contributed by atoms with van der Waals surface area (Å²) in [4.78, 5) is 19.9. The van der Waals surface area contributed by atoms with Gasteiger partial charge in [0.15, 0.2) is 0 Å². The zero-order valence-electron chi connectivity index (χ0n) is 9.48. The third-order valence-corrected chi connectivity index (χ3v) is 2.90. The lowest BCUT2D eigenvalue weighted by atomic mass is 10.1. The van der Waals surface area contributed by atoms with E-state index in [2.05, 4.69) is 9.97 Å². The van der Waals surface area contributed by atoms with Crippen molar-refractivity contribution in [2.24, 2.45) is 0 Å². The molecule has 1 aromatic heterocycles. The highest BCUT2D eigenvalue weighted by Gasteiger charge is 2.19. The monoisotopic (exact) mass is 220 g/mol. The second-order valence-corrected chi connectivity index (χ2v) is 4.03. The summed E-state index contributed by atoms with van der Waals surface area (Å²) >= 11 is 0. The van der Waals surface area contributed by atoms with Gasteiger partial charge in [0.1, 0.15) is 5.82 Å². The average Bonchev–Trinajstić information content (AvgIpc) is 2.83. The SMILES string of the molecule is CCOC(=O)c1cnc(C2CCCC2)nc1. The van der Waals surface area contributed by atoms with Gasteiger partial charge in [-0.15, -0.1) is 0 Å². The number of nitrogens with zero attached hydrogens (tertiary/aromatic N) is 2. The third kappa shape index (κ3) is 2.38. The molecular weight excluding hydrogens is 204 g/mol. The molecule has 0 aromatic carbocycles. The Bertz CT molecular complexity index is 356. The first-order chi connectivity index (χ1) is 7.81. The largest absolute Gasteiger partial charge is 0.462 e. The fraction of sp³-hybridized carbons (Fsp3) is 0.583. The van der Waals surface area contributed by atoms with Crippen molar-refractivity contribution in [2.45, 2.75) is 38.5 Å². The van der Waals surface area contributed by atoms with E-state index >= 15 is 0 Å². The molecule has 4 nitrogen and oxygen atoms in total. The minimum Gasteiger partial charge on any atom is -0.462 e. The van der Waals surface area contributed by atoms with Gasteiger partial charge in [0, 0.05) is 18.3 Å². The molecule has 0 bridgehead atoms. The van der Waals surface area contributed by atoms with Gasteiger partial charge in [-0.25, -0.2) is 14.8 Å². The van der Waals surface area contributed by atoms with Crippen molar-refractivity contribution in [1.82, 2.24) is 9.97 Å². The first-order valence-corrected chi connectivity index (χ1v) is 5.80. The van der Waals surface area contributed by atoms with Crippen molar-refractivity contribution in [3.05, 3.63) is 23.8 Å². The van der Waals surface area contributed by atoms with Crippen LogP contribution in [0.25, 0.3) is 0 Å². The predicted molar refractivity (Wildman–Crippen MR) is 59.2 cm³/mol. The van der Waals surface area contributed by atoms with Crippen LogP contribution in [0.4, 0.5) is 0 Å². The Morgan fingerprint density at radius 1 is 1.38 bits per heavy atom. The lowest BCUT2D eigenvalue weighted by Gasteiger charge is -2.07. The summed E-state index contributed by atoms with van der Waals surface area (Å²) in [6.07, 6.45) is 7.98. The Morgan fingerprint density at radius 3 is 2.56 bits per heavy atom. The van der Waals surface area contributed by atoms with Crippen LogP contribution < -0.4 is 0 Å². The van der Waals surface area contributed by atoms with Crippen LogP contribution in [0.5, 0.6) is 0 Å². The van der Waals surface area contributed by atoms with Crippen molar-refractivity contribution in [3.63, 3.8) is 0 Å². The maximum absolute atomic E-state index is 11.4. The number of carbonyl (C=O) groups excluding carboxylic acids is 1. The quantitative estimate of drug-likeness (QED) is 0.733. The number of hydrogen-bond acceptors (Lipinski definition) is 4. The van der Waals surface area contributed by atoms with Gasteiger partial charge >= 0.3 is 5.97 Å². The highest BCUT2D eigenvalue weighted by Crippen LogP contribution is 2.31. The summed E-state index contributed by atoms with van der Waals surface area (Å²) in [6, 6.07) is 0. The van der Waals surface area contributed by atoms with Crippen molar-refractivity contribution in [2.75, 3.05) is 6.61 Å². The summed E-state index contributed by atoms with van der Waals surface area (Å²) in [7, 11) is 0. The van der Waals surface area contributed by atoms with Gasteiger partial charge in [-0.2, -0.15) is 0 Å². The molecule has 1 aliphatic rings. The van der Waals surface area contributed by atoms with Crippen molar-refractivity contribution >= 4 is 5.97 Å². The van der Waals surface area contributed by atoms with Gasteiger partial charge in [0.05, 0.1) is 12.2 Å². The van der Waals surface area contributed by atoms with E-state index < -0.39 is 0 Å². The Kier molecular flexibility index (Phi) is 3.49. The number of carbonyl (C=O) groups is 1. The number of esters is 1. The number of rotatable bonds is 3. The van der Waals surface area contributed by atoms with E-state index in [9.17, 15) is 4.79 Å². The van der Waals surface area contributed by atoms with Gasteiger partial charge in [-0.1, -0.05) is 12.8 Å². The molecule has 0 radical (unpaired) electrons. The molecule has 1 heterocycles. The topological polar surface area (TPSA) is 52.1 Å². The first kappa shape index (κ1) is 11.0. The van der Waals surface area contributed by atoms with E-state index in [0.29, 0.717) is 18.1 Å². The molecule has 16 heavy (non-hydrogen) atoms. The van der Waals surface area contributed by atoms with Crippen molar-refractivity contribution in [1.29, 1.82) is 0 Å². The lowest BCUT2D eigenvalue weighted by Crippen LogP contribution is -2.08. The maximum atomic E-state index is 11.4. The van der Waals surface area contributed by atoms with Crippen LogP contribution >= 0.6 is 0 Å². The molecule has 0 amide bonds. The molecule has 1 aliphatic carbocycles. The van der Waals surface area contributed by atoms with E-state index in [-0.39, 0.29) is 5.97 Å². The second-order valence-electron chi connectivity index (χ2n) is 4.03. The summed E-state index contributed by atoms with van der Waals surface area (Å²) in [6.45, 7) is 2.16. The molecule has 0 unspecified atom stereocenters. The Labute approximate surface area is 95.1 Å². The van der Waals surface area contributed by atoms with E-state index in [0.717, 1.165) is 5.82 Å². The minimum atomic E-state index is -0.347. The molecular formula is C12H16N2O2. The van der Waals surface area contributed by atoms with Gasteiger partial charge in [-0.05, 0) is 19.8 Å². The van der Waals surface area contributed by atoms with Crippen LogP contribution in [0.1, 0.15) is 54.7 Å². The summed E-state index contributed by atoms with van der Waals surface area (Å²) in [5, 5.41) is 0. The highest BCUT2D eigenvalue weighted by molar-refractivity contribution is 5.88. The Hall–Kier alpha value is -1.45. The summed E-state index contributed by atoms with van der Waals surface area (Å²) in [5.41, 5.74) is 0.434. The van der Waals surface area contributed by atoms with Gasteiger partial charge in [-0.3, -0.25) is 0 Å². The van der Waals surface area contributed by atoms with Crippen LogP contribution in [-0.2, 0) is 4.74 Å². The lowest BCUT2D eigenvalue weighted by molar-refractivity contribution is 0.0525. The molecule has 0 N–H and O–H groups in total. The molecule has 2 rings (SSSR count). The van der Waals surface area contributed by atoms with E-state index in [1.165, 1.54) is 25.7 Å². The molecule has 4 heteroatoms. The molecule has 1 aromatic rings. The van der Waals surface area contributed by atoms with Gasteiger partial charge in [0.25, 0.3) is 0 Å². The third-order valence-electron chi connectivity index (χ3n) is 2.90. The zero-order chi connectivity index (χ0) is 11.4. The predicted octanol–water partition coefficient (Wildman–Crippen LogP) is 2.31. The normalized spacial score (nSPS) is 16.3. The molecule has 0 saturated heterocycles. The van der Waals surface area contributed by atoms with Crippen LogP contribution in [0.15, 0.2) is 12.4 Å². The molecule has 0 spiro atoms. The number of hydrogen-bond donors (Lipinski definition) is 0. The van der Waals surface area contributed by atoms with Crippen LogP contribution in [0.2, 0.25) is 0 Å². The maximum Gasteiger partial charge on any atom is 0.341 e. The van der Waals surface area contributed by atoms with Gasteiger partial charge in [0.2, 0.25) is 0 Å². The van der Waals surface area contributed by atoms with E-state index in [1.807, 2.05) is 0 Å². The number of ether oxygens (including phenoxy) is 1. The smallest absolute Gasteiger partial charge is 0.341 e. The second kappa shape index (κ2) is 5.05. The summed E-state index contributed by atoms with van der Waals surface area (Å²) in [5.74, 6) is 1.00. The standard InChI is InChI=1S/C12H16N2O2/c1-2-16-12(15)10-7-13-11(14-8-10)9-5-3-4-6-9/h7-9H,2-6H2,1H3. The van der Waals surface area contributed by atoms with Crippen LogP contribution in [0.3, 0.4) is 0 Å². The van der Waals surface area contributed by atoms with Gasteiger partial charge < -0.3 is 4.74 Å². The average molecular weight is 220 g/mol. The van der Waals surface area contributed by atoms with Crippen molar-refractivity contribution < 1.29 is 9.53 Å². The van der Waals surface area contributed by atoms with E-state index in [1.54, 1.807) is 19.3 Å². The van der Waals surface area contributed by atoms with E-state index in [4.69, 9.17) is 4.74 Å². The van der Waals surface area contributed by atoms with Crippen LogP contribution in [-0.4, -0.2) is 22.5 Å². The van der Waals surface area contributed by atoms with Crippen LogP contribution in [0, 0.1) is 0 Å². The molecule has 86 valence electrons. The molecule has 1 saturated carbocycles. The molecule has 0 atom stereocenters. The highest BCUT2D eigenvalue weighted by atomic mass is 16.5. The Balaban J connectivity index is 2.06. The molecule has 0 aliphatic heterocycles. The molecule has 1 fully saturated rings. The fourth-order valence-corrected chi connectivity index (χ4v) is 2.05. The zero-order valence-corrected chi connectivity index (χ0v) is 9.48. The van der Waals surface area contributed by atoms with Crippen molar-refractivity contribution in [3.8, 4) is 0 Å². The fourth-order valence-electron chi connectivity index (χ4n) is 2.05. The minimum absolute atomic E-state index is 0.347. The Morgan fingerprint density at radius 2 is 2.00 bits per heavy atom. The first-order valence-electron chi connectivity index (χ1n) is 5.80.